The van der Waals surface area contributed by atoms with Crippen LogP contribution in [0.3, 0.4) is 0 Å². The van der Waals surface area contributed by atoms with Crippen LogP contribution in [0.1, 0.15) is 48.4 Å². The van der Waals surface area contributed by atoms with Gasteiger partial charge in [0.25, 0.3) is 5.91 Å². The molecule has 2 aromatic rings. The van der Waals surface area contributed by atoms with E-state index in [4.69, 9.17) is 0 Å². The van der Waals surface area contributed by atoms with Crippen LogP contribution in [-0.2, 0) is 0 Å². The maximum absolute atomic E-state index is 12.0. The molecule has 0 aliphatic rings. The Morgan fingerprint density at radius 1 is 1.14 bits per heavy atom. The van der Waals surface area contributed by atoms with Crippen molar-refractivity contribution in [3.63, 3.8) is 0 Å². The fourth-order valence-electron chi connectivity index (χ4n) is 1.96. The van der Waals surface area contributed by atoms with Crippen molar-refractivity contribution in [3.05, 3.63) is 65.5 Å². The molecule has 0 radical (unpaired) electrons. The smallest absolute Gasteiger partial charge is 0.251 e. The topological polar surface area (TPSA) is 62.2 Å². The molecule has 0 saturated heterocycles. The van der Waals surface area contributed by atoms with Gasteiger partial charge >= 0.3 is 0 Å². The average molecular weight is 284 g/mol. The van der Waals surface area contributed by atoms with E-state index in [9.17, 15) is 9.90 Å². The van der Waals surface area contributed by atoms with E-state index in [-0.39, 0.29) is 11.4 Å². The second kappa shape index (κ2) is 6.06. The van der Waals surface area contributed by atoms with Crippen LogP contribution in [0.5, 0.6) is 0 Å². The fourth-order valence-corrected chi connectivity index (χ4v) is 1.96. The van der Waals surface area contributed by atoms with Crippen LogP contribution < -0.4 is 5.32 Å². The Hall–Kier alpha value is -2.20. The van der Waals surface area contributed by atoms with Crippen LogP contribution in [-0.4, -0.2) is 21.5 Å². The molecule has 0 spiro atoms. The van der Waals surface area contributed by atoms with Gasteiger partial charge in [0, 0.05) is 29.1 Å². The standard InChI is InChI=1S/C17H20N2O2/c1-17(2,3)19-16(21)13-8-6-12(7-9-13)15(20)14-5-4-10-18-11-14/h4-11,15,20H,1-3H3,(H,19,21). The summed E-state index contributed by atoms with van der Waals surface area (Å²) in [6, 6.07) is 10.6. The highest BCUT2D eigenvalue weighted by molar-refractivity contribution is 5.94. The quantitative estimate of drug-likeness (QED) is 0.911. The fraction of sp³-hybridized carbons (Fsp3) is 0.294. The summed E-state index contributed by atoms with van der Waals surface area (Å²) in [7, 11) is 0. The summed E-state index contributed by atoms with van der Waals surface area (Å²) in [5, 5.41) is 13.2. The number of carbonyl (C=O) groups excluding carboxylic acids is 1. The van der Waals surface area contributed by atoms with Crippen LogP contribution >= 0.6 is 0 Å². The third kappa shape index (κ3) is 4.13. The van der Waals surface area contributed by atoms with Crippen molar-refractivity contribution >= 4 is 5.91 Å². The SMILES string of the molecule is CC(C)(C)NC(=O)c1ccc(C(O)c2cccnc2)cc1. The molecule has 2 N–H and O–H groups in total. The highest BCUT2D eigenvalue weighted by Gasteiger charge is 2.16. The number of aromatic nitrogens is 1. The molecule has 1 atom stereocenters. The summed E-state index contributed by atoms with van der Waals surface area (Å²) in [5.41, 5.74) is 1.76. The van der Waals surface area contributed by atoms with Gasteiger partial charge in [-0.3, -0.25) is 9.78 Å². The van der Waals surface area contributed by atoms with E-state index in [0.29, 0.717) is 5.56 Å². The molecule has 2 rings (SSSR count). The Kier molecular flexibility index (Phi) is 4.38. The van der Waals surface area contributed by atoms with Gasteiger partial charge in [0.1, 0.15) is 6.10 Å². The Bertz CT molecular complexity index is 601. The molecule has 1 unspecified atom stereocenters. The predicted molar refractivity (Wildman–Crippen MR) is 82.0 cm³/mol. The van der Waals surface area contributed by atoms with Crippen molar-refractivity contribution in [3.8, 4) is 0 Å². The van der Waals surface area contributed by atoms with E-state index in [0.717, 1.165) is 11.1 Å². The average Bonchev–Trinajstić information content (AvgIpc) is 2.46. The predicted octanol–water partition coefficient (Wildman–Crippen LogP) is 2.69. The van der Waals surface area contributed by atoms with Crippen molar-refractivity contribution in [2.24, 2.45) is 0 Å². The molecule has 0 saturated carbocycles. The molecule has 1 heterocycles. The second-order valence-corrected chi connectivity index (χ2v) is 6.02. The number of benzene rings is 1. The lowest BCUT2D eigenvalue weighted by molar-refractivity contribution is 0.0919. The molecule has 1 aromatic carbocycles. The van der Waals surface area contributed by atoms with E-state index in [2.05, 4.69) is 10.3 Å². The number of amides is 1. The summed E-state index contributed by atoms with van der Waals surface area (Å²) in [6.45, 7) is 5.81. The molecule has 110 valence electrons. The Morgan fingerprint density at radius 2 is 1.81 bits per heavy atom. The van der Waals surface area contributed by atoms with Crippen LogP contribution in [0.4, 0.5) is 0 Å². The molecule has 0 aliphatic heterocycles. The summed E-state index contributed by atoms with van der Waals surface area (Å²) in [4.78, 5) is 16.0. The van der Waals surface area contributed by atoms with Crippen molar-refractivity contribution in [1.29, 1.82) is 0 Å². The highest BCUT2D eigenvalue weighted by atomic mass is 16.3. The summed E-state index contributed by atoms with van der Waals surface area (Å²) in [5.74, 6) is -0.120. The number of nitrogens with zero attached hydrogens (tertiary/aromatic N) is 1. The largest absolute Gasteiger partial charge is 0.384 e. The van der Waals surface area contributed by atoms with E-state index in [1.54, 1.807) is 42.7 Å². The first-order valence-electron chi connectivity index (χ1n) is 6.87. The van der Waals surface area contributed by atoms with Crippen LogP contribution in [0.2, 0.25) is 0 Å². The summed E-state index contributed by atoms with van der Waals surface area (Å²) < 4.78 is 0. The maximum atomic E-state index is 12.0. The van der Waals surface area contributed by atoms with Crippen LogP contribution in [0, 0.1) is 0 Å². The molecule has 1 aromatic heterocycles. The van der Waals surface area contributed by atoms with E-state index in [1.807, 2.05) is 26.8 Å². The van der Waals surface area contributed by atoms with Crippen LogP contribution in [0.25, 0.3) is 0 Å². The molecule has 0 fully saturated rings. The molecule has 4 heteroatoms. The minimum atomic E-state index is -0.738. The molecule has 4 nitrogen and oxygen atoms in total. The number of hydrogen-bond donors (Lipinski definition) is 2. The molecule has 0 aliphatic carbocycles. The van der Waals surface area contributed by atoms with E-state index in [1.165, 1.54) is 0 Å². The third-order valence-electron chi connectivity index (χ3n) is 2.98. The zero-order valence-electron chi connectivity index (χ0n) is 12.5. The van der Waals surface area contributed by atoms with Gasteiger partial charge in [0.2, 0.25) is 0 Å². The number of nitrogens with one attached hydrogen (secondary N) is 1. The zero-order valence-corrected chi connectivity index (χ0v) is 12.5. The van der Waals surface area contributed by atoms with Gasteiger partial charge in [-0.25, -0.2) is 0 Å². The number of hydrogen-bond acceptors (Lipinski definition) is 3. The first kappa shape index (κ1) is 15.2. The van der Waals surface area contributed by atoms with Gasteiger partial charge in [-0.1, -0.05) is 18.2 Å². The number of carbonyl (C=O) groups is 1. The number of rotatable bonds is 3. The molecular weight excluding hydrogens is 264 g/mol. The lowest BCUT2D eigenvalue weighted by Gasteiger charge is -2.20. The van der Waals surface area contributed by atoms with Gasteiger partial charge < -0.3 is 10.4 Å². The molecular formula is C17H20N2O2. The summed E-state index contributed by atoms with van der Waals surface area (Å²) in [6.07, 6.45) is 2.56. The molecule has 0 bridgehead atoms. The zero-order chi connectivity index (χ0) is 15.5. The Morgan fingerprint density at radius 3 is 2.33 bits per heavy atom. The number of pyridine rings is 1. The second-order valence-electron chi connectivity index (χ2n) is 6.02. The first-order valence-corrected chi connectivity index (χ1v) is 6.87. The van der Waals surface area contributed by atoms with Gasteiger partial charge in [0.15, 0.2) is 0 Å². The van der Waals surface area contributed by atoms with Gasteiger partial charge in [0.05, 0.1) is 0 Å². The number of aliphatic hydroxyl groups excluding tert-OH is 1. The minimum Gasteiger partial charge on any atom is -0.384 e. The molecule has 1 amide bonds. The number of aliphatic hydroxyl groups is 1. The lowest BCUT2D eigenvalue weighted by atomic mass is 10.0. The normalized spacial score (nSPS) is 12.8. The Balaban J connectivity index is 2.14. The first-order chi connectivity index (χ1) is 9.87. The van der Waals surface area contributed by atoms with Gasteiger partial charge in [-0.2, -0.15) is 0 Å². The van der Waals surface area contributed by atoms with Crippen molar-refractivity contribution in [2.75, 3.05) is 0 Å². The van der Waals surface area contributed by atoms with Crippen molar-refractivity contribution < 1.29 is 9.90 Å². The summed E-state index contributed by atoms with van der Waals surface area (Å²) >= 11 is 0. The van der Waals surface area contributed by atoms with Gasteiger partial charge in [-0.05, 0) is 44.5 Å². The third-order valence-corrected chi connectivity index (χ3v) is 2.98. The van der Waals surface area contributed by atoms with Crippen molar-refractivity contribution in [2.45, 2.75) is 32.4 Å². The van der Waals surface area contributed by atoms with Gasteiger partial charge in [-0.15, -0.1) is 0 Å². The highest BCUT2D eigenvalue weighted by Crippen LogP contribution is 2.21. The van der Waals surface area contributed by atoms with E-state index < -0.39 is 6.10 Å². The van der Waals surface area contributed by atoms with Crippen molar-refractivity contribution in [1.82, 2.24) is 10.3 Å². The molecule has 21 heavy (non-hydrogen) atoms. The van der Waals surface area contributed by atoms with Crippen LogP contribution in [0.15, 0.2) is 48.8 Å². The minimum absolute atomic E-state index is 0.120. The maximum Gasteiger partial charge on any atom is 0.251 e. The Labute approximate surface area is 124 Å². The monoisotopic (exact) mass is 284 g/mol. The lowest BCUT2D eigenvalue weighted by Crippen LogP contribution is -2.40. The van der Waals surface area contributed by atoms with E-state index >= 15 is 0 Å².